The van der Waals surface area contributed by atoms with E-state index in [1.165, 1.54) is 6.07 Å². The van der Waals surface area contributed by atoms with Crippen LogP contribution in [0.15, 0.2) is 18.2 Å². The number of hydrogen-bond acceptors (Lipinski definition) is 8. The van der Waals surface area contributed by atoms with Gasteiger partial charge in [0, 0.05) is 36.8 Å². The molecule has 4 aliphatic rings. The van der Waals surface area contributed by atoms with Crippen molar-refractivity contribution in [3.05, 3.63) is 34.9 Å². The van der Waals surface area contributed by atoms with Crippen LogP contribution in [0.4, 0.5) is 0 Å². The highest BCUT2D eigenvalue weighted by Gasteiger charge is 2.59. The van der Waals surface area contributed by atoms with E-state index in [9.17, 15) is 34.2 Å². The molecule has 1 aromatic rings. The lowest BCUT2D eigenvalue weighted by atomic mass is 9.84. The molecule has 6 N–H and O–H groups in total. The molecule has 0 radical (unpaired) electrons. The van der Waals surface area contributed by atoms with Crippen LogP contribution in [0.5, 0.6) is 0 Å². The van der Waals surface area contributed by atoms with Crippen LogP contribution < -0.4 is 16.4 Å². The summed E-state index contributed by atoms with van der Waals surface area (Å²) in [6.45, 7) is -0.0357. The predicted molar refractivity (Wildman–Crippen MR) is 110 cm³/mol. The number of piperidine rings is 1. The molecule has 174 valence electrons. The molecule has 5 amide bonds. The number of fused-ring (bicyclic) bond motifs is 3. The molecule has 0 aromatic heterocycles. The van der Waals surface area contributed by atoms with E-state index < -0.39 is 59.8 Å². The second kappa shape index (κ2) is 7.72. The van der Waals surface area contributed by atoms with E-state index in [-0.39, 0.29) is 42.3 Å². The first-order valence-electron chi connectivity index (χ1n) is 10.9. The molecule has 4 unspecified atom stereocenters. The van der Waals surface area contributed by atoms with Gasteiger partial charge in [0.05, 0.1) is 23.3 Å². The van der Waals surface area contributed by atoms with Crippen LogP contribution in [0.2, 0.25) is 0 Å². The number of aliphatic hydroxyl groups is 2. The van der Waals surface area contributed by atoms with Crippen molar-refractivity contribution < 1.29 is 34.2 Å². The van der Waals surface area contributed by atoms with E-state index in [1.54, 1.807) is 12.1 Å². The van der Waals surface area contributed by atoms with Crippen LogP contribution in [-0.2, 0) is 20.9 Å². The Kier molecular flexibility index (Phi) is 5.07. The monoisotopic (exact) mass is 456 g/mol. The van der Waals surface area contributed by atoms with Crippen LogP contribution in [0.25, 0.3) is 0 Å². The van der Waals surface area contributed by atoms with E-state index >= 15 is 0 Å². The molecule has 1 saturated heterocycles. The normalized spacial score (nSPS) is 35.1. The molecule has 3 fully saturated rings. The quantitative estimate of drug-likeness (QED) is 0.323. The smallest absolute Gasteiger partial charge is 0.262 e. The van der Waals surface area contributed by atoms with E-state index in [2.05, 4.69) is 10.6 Å². The van der Waals surface area contributed by atoms with E-state index in [4.69, 9.17) is 5.73 Å². The summed E-state index contributed by atoms with van der Waals surface area (Å²) < 4.78 is 0. The number of carbonyl (C=O) groups excluding carboxylic acids is 5. The Bertz CT molecular complexity index is 1080. The lowest BCUT2D eigenvalue weighted by molar-refractivity contribution is -0.136. The summed E-state index contributed by atoms with van der Waals surface area (Å²) in [6, 6.07) is 3.16. The van der Waals surface area contributed by atoms with Crippen molar-refractivity contribution in [2.75, 3.05) is 0 Å². The van der Waals surface area contributed by atoms with Crippen molar-refractivity contribution in [3.8, 4) is 0 Å². The number of nitrogens with two attached hydrogens (primary N) is 1. The molecular formula is C22H24N4O7. The fourth-order valence-corrected chi connectivity index (χ4v) is 5.80. The highest BCUT2D eigenvalue weighted by Crippen LogP contribution is 2.48. The number of amides is 5. The molecule has 0 spiro atoms. The van der Waals surface area contributed by atoms with Gasteiger partial charge in [0.2, 0.25) is 17.7 Å². The van der Waals surface area contributed by atoms with Crippen LogP contribution in [0, 0.1) is 17.8 Å². The third kappa shape index (κ3) is 3.18. The van der Waals surface area contributed by atoms with Crippen LogP contribution in [0.1, 0.15) is 45.5 Å². The minimum absolute atomic E-state index is 0.0267. The van der Waals surface area contributed by atoms with Crippen molar-refractivity contribution in [1.82, 2.24) is 15.5 Å². The zero-order valence-corrected chi connectivity index (χ0v) is 17.6. The summed E-state index contributed by atoms with van der Waals surface area (Å²) in [5, 5.41) is 25.1. The lowest BCUT2D eigenvalue weighted by Gasteiger charge is -2.28. The van der Waals surface area contributed by atoms with Gasteiger partial charge < -0.3 is 21.3 Å². The second-order valence-electron chi connectivity index (χ2n) is 9.15. The fraction of sp³-hybridized carbons (Fsp3) is 0.500. The average molecular weight is 456 g/mol. The van der Waals surface area contributed by atoms with Gasteiger partial charge >= 0.3 is 0 Å². The Morgan fingerprint density at radius 3 is 2.58 bits per heavy atom. The van der Waals surface area contributed by atoms with Crippen molar-refractivity contribution in [1.29, 1.82) is 0 Å². The first kappa shape index (κ1) is 21.7. The maximum absolute atomic E-state index is 13.1. The molecule has 2 saturated carbocycles. The van der Waals surface area contributed by atoms with Gasteiger partial charge in [-0.2, -0.15) is 0 Å². The standard InChI is InChI=1S/C22H24N4O7/c23-16-11-6-10(15(16)18(29)17(11)28)19(30)24-7-8-2-1-3-9-14(8)22(33)26(21(9)32)12-4-5-13(27)25-20(12)31/h1-3,10-12,15-18,28-29H,4-7,23H2,(H,24,30)(H,25,27,31)/t10-,11?,12?,15?,16-,17?,18-/m0/s1. The summed E-state index contributed by atoms with van der Waals surface area (Å²) in [5.41, 5.74) is 6.75. The SMILES string of the molecule is N[C@H]1C2C[C@H](C(=O)NCc3cccc4c3C(=O)N(C3CCC(=O)NC3=O)C4=O)C1[C@H](O)C2O. The minimum Gasteiger partial charge on any atom is -0.390 e. The maximum atomic E-state index is 13.1. The van der Waals surface area contributed by atoms with Gasteiger partial charge in [0.15, 0.2) is 0 Å². The van der Waals surface area contributed by atoms with E-state index in [1.807, 2.05) is 0 Å². The number of hydrogen-bond donors (Lipinski definition) is 5. The first-order chi connectivity index (χ1) is 15.7. The van der Waals surface area contributed by atoms with Crippen LogP contribution >= 0.6 is 0 Å². The predicted octanol–water partition coefficient (Wildman–Crippen LogP) is -1.98. The highest BCUT2D eigenvalue weighted by molar-refractivity contribution is 6.24. The molecule has 2 aliphatic carbocycles. The van der Waals surface area contributed by atoms with E-state index in [0.29, 0.717) is 12.0 Å². The van der Waals surface area contributed by atoms with Gasteiger partial charge in [-0.25, -0.2) is 0 Å². The summed E-state index contributed by atoms with van der Waals surface area (Å²) in [6.07, 6.45) is -1.55. The summed E-state index contributed by atoms with van der Waals surface area (Å²) in [7, 11) is 0. The molecule has 7 atom stereocenters. The topological polar surface area (TPSA) is 179 Å². The molecule has 2 aliphatic heterocycles. The minimum atomic E-state index is -1.07. The Labute approximate surface area is 188 Å². The Morgan fingerprint density at radius 2 is 1.91 bits per heavy atom. The zero-order valence-electron chi connectivity index (χ0n) is 17.6. The first-order valence-corrected chi connectivity index (χ1v) is 10.9. The average Bonchev–Trinajstić information content (AvgIpc) is 3.32. The number of carbonyl (C=O) groups is 5. The molecule has 1 aromatic carbocycles. The van der Waals surface area contributed by atoms with E-state index in [0.717, 1.165) is 4.90 Å². The summed E-state index contributed by atoms with van der Waals surface area (Å²) >= 11 is 0. The molecule has 11 heteroatoms. The van der Waals surface area contributed by atoms with Gasteiger partial charge in [0.1, 0.15) is 6.04 Å². The van der Waals surface area contributed by atoms with Gasteiger partial charge in [-0.1, -0.05) is 12.1 Å². The van der Waals surface area contributed by atoms with Crippen LogP contribution in [0.3, 0.4) is 0 Å². The third-order valence-electron chi connectivity index (χ3n) is 7.46. The van der Waals surface area contributed by atoms with Gasteiger partial charge in [0.25, 0.3) is 11.8 Å². The van der Waals surface area contributed by atoms with Crippen molar-refractivity contribution >= 4 is 29.5 Å². The largest absolute Gasteiger partial charge is 0.390 e. The van der Waals surface area contributed by atoms with Crippen LogP contribution in [-0.4, -0.2) is 68.9 Å². The number of rotatable bonds is 4. The molecule has 2 heterocycles. The zero-order chi connectivity index (χ0) is 23.6. The van der Waals surface area contributed by atoms with Crippen molar-refractivity contribution in [3.63, 3.8) is 0 Å². The number of nitrogens with zero attached hydrogens (tertiary/aromatic N) is 1. The lowest BCUT2D eigenvalue weighted by Crippen LogP contribution is -2.54. The van der Waals surface area contributed by atoms with Gasteiger partial charge in [-0.15, -0.1) is 0 Å². The second-order valence-corrected chi connectivity index (χ2v) is 9.15. The molecule has 11 nitrogen and oxygen atoms in total. The Hall–Kier alpha value is -3.15. The van der Waals surface area contributed by atoms with Crippen molar-refractivity contribution in [2.45, 2.75) is 50.1 Å². The third-order valence-corrected chi connectivity index (χ3v) is 7.46. The number of imide groups is 2. The Balaban J connectivity index is 1.32. The molecule has 33 heavy (non-hydrogen) atoms. The molecular weight excluding hydrogens is 432 g/mol. The summed E-state index contributed by atoms with van der Waals surface area (Å²) in [5.74, 6) is -4.19. The Morgan fingerprint density at radius 1 is 1.15 bits per heavy atom. The van der Waals surface area contributed by atoms with Gasteiger partial charge in [-0.05, 0) is 24.5 Å². The number of benzene rings is 1. The molecule has 5 rings (SSSR count). The highest BCUT2D eigenvalue weighted by atomic mass is 16.3. The maximum Gasteiger partial charge on any atom is 0.262 e. The number of nitrogens with one attached hydrogen (secondary N) is 2. The van der Waals surface area contributed by atoms with Gasteiger partial charge in [-0.3, -0.25) is 34.2 Å². The molecule has 2 bridgehead atoms. The fourth-order valence-electron chi connectivity index (χ4n) is 5.80. The van der Waals surface area contributed by atoms with Crippen molar-refractivity contribution in [2.24, 2.45) is 23.5 Å². The summed E-state index contributed by atoms with van der Waals surface area (Å²) in [4.78, 5) is 63.4. The number of aliphatic hydroxyl groups excluding tert-OH is 2.